The van der Waals surface area contributed by atoms with Crippen molar-refractivity contribution >= 4 is 29.6 Å². The van der Waals surface area contributed by atoms with Crippen molar-refractivity contribution in [3.63, 3.8) is 0 Å². The average molecular weight is 164 g/mol. The van der Waals surface area contributed by atoms with Gasteiger partial charge in [-0.3, -0.25) is 0 Å². The molecule has 0 radical (unpaired) electrons. The van der Waals surface area contributed by atoms with Crippen LogP contribution in [0.25, 0.3) is 6.08 Å². The zero-order chi connectivity index (χ0) is 8.10. The Balaban J connectivity index is 2.92. The third-order valence-corrected chi connectivity index (χ3v) is 1.74. The van der Waals surface area contributed by atoms with Gasteiger partial charge in [-0.05, 0) is 11.5 Å². The van der Waals surface area contributed by atoms with Crippen molar-refractivity contribution in [1.29, 1.82) is 0 Å². The zero-order valence-corrected chi connectivity index (χ0v) is 6.84. The summed E-state index contributed by atoms with van der Waals surface area (Å²) >= 11 is 1.37. The highest BCUT2D eigenvalue weighted by molar-refractivity contribution is 7.04. The monoisotopic (exact) mass is 164 g/mol. The summed E-state index contributed by atoms with van der Waals surface area (Å²) in [5.74, 6) is 0.713. The fraction of sp³-hybridized carbons (Fsp3) is 0. The van der Waals surface area contributed by atoms with Gasteiger partial charge in [0.1, 0.15) is 0 Å². The molecule has 0 amide bonds. The molecule has 0 aliphatic carbocycles. The molecule has 1 aromatic rings. The summed E-state index contributed by atoms with van der Waals surface area (Å²) in [6.45, 7) is 7.15. The summed E-state index contributed by atoms with van der Waals surface area (Å²) in [6.07, 6.45) is 4.97. The van der Waals surface area contributed by atoms with Gasteiger partial charge in [0.05, 0.1) is 0 Å². The van der Waals surface area contributed by atoms with Gasteiger partial charge < -0.3 is 0 Å². The number of hydrogen-bond acceptors (Lipinski definition) is 3. The van der Waals surface area contributed by atoms with Crippen LogP contribution in [0.1, 0.15) is 5.56 Å². The summed E-state index contributed by atoms with van der Waals surface area (Å²) in [7, 11) is 0. The molecule has 11 heavy (non-hydrogen) atoms. The van der Waals surface area contributed by atoms with Gasteiger partial charge in [-0.15, -0.1) is 0 Å². The quantitative estimate of drug-likeness (QED) is 0.630. The lowest BCUT2D eigenvalue weighted by Gasteiger charge is -1.84. The topological polar surface area (TPSA) is 25.2 Å². The molecule has 0 bridgehead atoms. The van der Waals surface area contributed by atoms with E-state index in [1.165, 1.54) is 11.5 Å². The van der Waals surface area contributed by atoms with E-state index in [0.29, 0.717) is 5.82 Å². The van der Waals surface area contributed by atoms with Crippen molar-refractivity contribution in [1.82, 2.24) is 4.37 Å². The Hall–Kier alpha value is -1.22. The molecule has 0 N–H and O–H groups in total. The van der Waals surface area contributed by atoms with Crippen LogP contribution < -0.4 is 0 Å². The molecule has 0 aromatic carbocycles. The number of aromatic nitrogens is 1. The van der Waals surface area contributed by atoms with E-state index >= 15 is 0 Å². The molecular weight excluding hydrogens is 156 g/mol. The highest BCUT2D eigenvalue weighted by atomic mass is 32.1. The maximum absolute atomic E-state index is 4.05. The summed E-state index contributed by atoms with van der Waals surface area (Å²) in [5.41, 5.74) is 0.966. The Morgan fingerprint density at radius 2 is 2.36 bits per heavy atom. The smallest absolute Gasteiger partial charge is 0.172 e. The van der Waals surface area contributed by atoms with Crippen LogP contribution in [0.2, 0.25) is 0 Å². The van der Waals surface area contributed by atoms with Gasteiger partial charge in [-0.25, -0.2) is 4.99 Å². The van der Waals surface area contributed by atoms with E-state index in [2.05, 4.69) is 22.5 Å². The van der Waals surface area contributed by atoms with Gasteiger partial charge in [-0.1, -0.05) is 25.3 Å². The molecular formula is C8H8N2S. The van der Waals surface area contributed by atoms with Crippen LogP contribution in [-0.4, -0.2) is 10.6 Å². The maximum Gasteiger partial charge on any atom is 0.172 e. The van der Waals surface area contributed by atoms with E-state index in [4.69, 9.17) is 0 Å². The van der Waals surface area contributed by atoms with E-state index in [1.807, 2.05) is 5.38 Å². The predicted molar refractivity (Wildman–Crippen MR) is 50.6 cm³/mol. The number of allylic oxidation sites excluding steroid dienone is 1. The Morgan fingerprint density at radius 1 is 1.55 bits per heavy atom. The van der Waals surface area contributed by atoms with Gasteiger partial charge in [0, 0.05) is 17.2 Å². The first-order valence-electron chi connectivity index (χ1n) is 3.10. The molecule has 1 heterocycles. The number of rotatable bonds is 3. The lowest BCUT2D eigenvalue weighted by Crippen LogP contribution is -1.67. The average Bonchev–Trinajstić information content (AvgIpc) is 2.47. The first-order chi connectivity index (χ1) is 5.38. The largest absolute Gasteiger partial charge is 0.236 e. The molecule has 0 fully saturated rings. The van der Waals surface area contributed by atoms with Crippen LogP contribution in [0.4, 0.5) is 5.82 Å². The first kappa shape index (κ1) is 7.88. The van der Waals surface area contributed by atoms with E-state index < -0.39 is 0 Å². The van der Waals surface area contributed by atoms with Crippen LogP contribution in [0.3, 0.4) is 0 Å². The summed E-state index contributed by atoms with van der Waals surface area (Å²) in [5, 5.41) is 1.91. The minimum absolute atomic E-state index is 0.713. The molecule has 0 aliphatic heterocycles. The molecule has 0 saturated heterocycles. The van der Waals surface area contributed by atoms with Crippen molar-refractivity contribution in [2.24, 2.45) is 4.99 Å². The van der Waals surface area contributed by atoms with Gasteiger partial charge in [0.2, 0.25) is 0 Å². The number of aliphatic imine (C=N–C) groups is 1. The molecule has 1 rings (SSSR count). The van der Waals surface area contributed by atoms with Crippen molar-refractivity contribution in [2.75, 3.05) is 0 Å². The zero-order valence-electron chi connectivity index (χ0n) is 6.03. The molecule has 0 unspecified atom stereocenters. The third-order valence-electron chi connectivity index (χ3n) is 1.10. The van der Waals surface area contributed by atoms with Crippen LogP contribution in [-0.2, 0) is 0 Å². The van der Waals surface area contributed by atoms with E-state index in [9.17, 15) is 0 Å². The lowest BCUT2D eigenvalue weighted by atomic mass is 10.3. The third kappa shape index (κ3) is 1.85. The molecule has 0 atom stereocenters. The predicted octanol–water partition coefficient (Wildman–Crippen LogP) is 2.67. The van der Waals surface area contributed by atoms with Gasteiger partial charge >= 0.3 is 0 Å². The minimum atomic E-state index is 0.713. The fourth-order valence-corrected chi connectivity index (χ4v) is 1.22. The molecule has 0 saturated carbocycles. The van der Waals surface area contributed by atoms with Crippen molar-refractivity contribution in [3.8, 4) is 0 Å². The van der Waals surface area contributed by atoms with Gasteiger partial charge in [0.15, 0.2) is 5.82 Å². The molecule has 3 heteroatoms. The normalized spacial score (nSPS) is 10.2. The highest BCUT2D eigenvalue weighted by Gasteiger charge is 1.97. The standard InChI is InChI=1S/C8H8N2S/c1-3-5-9-8-7(4-2)6-11-10-8/h3-6H,1-2H2. The van der Waals surface area contributed by atoms with Crippen molar-refractivity contribution < 1.29 is 0 Å². The number of nitrogens with zero attached hydrogens (tertiary/aromatic N) is 2. The van der Waals surface area contributed by atoms with Gasteiger partial charge in [0.25, 0.3) is 0 Å². The fourth-order valence-electron chi connectivity index (χ4n) is 0.599. The summed E-state index contributed by atoms with van der Waals surface area (Å²) in [4.78, 5) is 4.04. The van der Waals surface area contributed by atoms with E-state index in [-0.39, 0.29) is 0 Å². The second-order valence-corrected chi connectivity index (χ2v) is 2.44. The first-order valence-corrected chi connectivity index (χ1v) is 3.94. The van der Waals surface area contributed by atoms with Crippen molar-refractivity contribution in [2.45, 2.75) is 0 Å². The summed E-state index contributed by atoms with van der Waals surface area (Å²) < 4.78 is 4.05. The Morgan fingerprint density at radius 3 is 3.00 bits per heavy atom. The molecule has 2 nitrogen and oxygen atoms in total. The second-order valence-electron chi connectivity index (χ2n) is 1.81. The molecule has 0 spiro atoms. The van der Waals surface area contributed by atoms with Crippen molar-refractivity contribution in [3.05, 3.63) is 30.2 Å². The van der Waals surface area contributed by atoms with Crippen LogP contribution in [0.5, 0.6) is 0 Å². The molecule has 1 aromatic heterocycles. The Bertz CT molecular complexity index is 286. The van der Waals surface area contributed by atoms with E-state index in [1.54, 1.807) is 18.4 Å². The maximum atomic E-state index is 4.05. The van der Waals surface area contributed by atoms with Gasteiger partial charge in [-0.2, -0.15) is 4.37 Å². The Labute approximate surface area is 69.8 Å². The van der Waals surface area contributed by atoms with Crippen LogP contribution in [0, 0.1) is 0 Å². The van der Waals surface area contributed by atoms with Crippen LogP contribution in [0.15, 0.2) is 29.6 Å². The number of hydrogen-bond donors (Lipinski definition) is 0. The minimum Gasteiger partial charge on any atom is -0.236 e. The second kappa shape index (κ2) is 3.83. The molecule has 56 valence electrons. The highest BCUT2D eigenvalue weighted by Crippen LogP contribution is 2.19. The van der Waals surface area contributed by atoms with Crippen LogP contribution >= 0.6 is 11.5 Å². The van der Waals surface area contributed by atoms with E-state index in [0.717, 1.165) is 5.56 Å². The lowest BCUT2D eigenvalue weighted by molar-refractivity contribution is 1.42. The Kier molecular flexibility index (Phi) is 2.74. The molecule has 0 aliphatic rings. The summed E-state index contributed by atoms with van der Waals surface area (Å²) in [6, 6.07) is 0. The SMILES string of the molecule is C=CC=Nc1nscc1C=C.